The topological polar surface area (TPSA) is 48.6 Å². The highest BCUT2D eigenvalue weighted by Gasteiger charge is 2.33. The number of carbonyl (C=O) groups excluding carboxylic acids is 1. The number of rotatable bonds is 6. The minimum Gasteiger partial charge on any atom is -0.497 e. The predicted octanol–water partition coefficient (Wildman–Crippen LogP) is 4.47. The van der Waals surface area contributed by atoms with Gasteiger partial charge in [-0.15, -0.1) is 0 Å². The summed E-state index contributed by atoms with van der Waals surface area (Å²) in [6.45, 7) is 6.93. The average molecular weight is 392 g/mol. The Hall–Kier alpha value is -2.79. The summed E-state index contributed by atoms with van der Waals surface area (Å²) in [6, 6.07) is 19.0. The molecular formula is C24H29N3O2. The number of likely N-dealkylation sites (N-methyl/N-ethyl adjacent to an activating group) is 1. The molecular weight excluding hydrogens is 362 g/mol. The van der Waals surface area contributed by atoms with Crippen LogP contribution in [-0.2, 0) is 0 Å². The molecule has 0 spiro atoms. The lowest BCUT2D eigenvalue weighted by atomic mass is 10.1. The van der Waals surface area contributed by atoms with Gasteiger partial charge in [0, 0.05) is 48.7 Å². The minimum absolute atomic E-state index is 0.0712. The van der Waals surface area contributed by atoms with Crippen molar-refractivity contribution in [1.82, 2.24) is 14.8 Å². The molecule has 1 amide bonds. The van der Waals surface area contributed by atoms with Gasteiger partial charge in [-0.1, -0.05) is 30.3 Å². The zero-order valence-corrected chi connectivity index (χ0v) is 17.4. The molecule has 2 heterocycles. The third kappa shape index (κ3) is 3.87. The molecule has 4 rings (SSSR count). The van der Waals surface area contributed by atoms with Gasteiger partial charge in [-0.3, -0.25) is 9.69 Å². The van der Waals surface area contributed by atoms with Crippen LogP contribution in [0.3, 0.4) is 0 Å². The lowest BCUT2D eigenvalue weighted by Crippen LogP contribution is -2.42. The maximum Gasteiger partial charge on any atom is 0.270 e. The van der Waals surface area contributed by atoms with E-state index in [-0.39, 0.29) is 11.9 Å². The van der Waals surface area contributed by atoms with Crippen molar-refractivity contribution in [2.75, 3.05) is 26.7 Å². The van der Waals surface area contributed by atoms with Gasteiger partial charge in [0.1, 0.15) is 11.4 Å². The highest BCUT2D eigenvalue weighted by Crippen LogP contribution is 2.28. The van der Waals surface area contributed by atoms with Crippen molar-refractivity contribution >= 4 is 16.8 Å². The number of hydrogen-bond acceptors (Lipinski definition) is 3. The van der Waals surface area contributed by atoms with E-state index in [0.29, 0.717) is 18.3 Å². The van der Waals surface area contributed by atoms with Gasteiger partial charge in [-0.2, -0.15) is 0 Å². The molecule has 152 valence electrons. The summed E-state index contributed by atoms with van der Waals surface area (Å²) in [5, 5.41) is 1.02. The number of aromatic nitrogens is 1. The monoisotopic (exact) mass is 391 g/mol. The number of likely N-dealkylation sites (tertiary alicyclic amines) is 1. The first kappa shape index (κ1) is 19.5. The summed E-state index contributed by atoms with van der Waals surface area (Å²) in [4.78, 5) is 21.1. The Morgan fingerprint density at radius 1 is 1.24 bits per heavy atom. The summed E-state index contributed by atoms with van der Waals surface area (Å²) < 4.78 is 5.29. The summed E-state index contributed by atoms with van der Waals surface area (Å²) in [5.74, 6) is 0.855. The van der Waals surface area contributed by atoms with Crippen molar-refractivity contribution in [3.05, 3.63) is 65.9 Å². The summed E-state index contributed by atoms with van der Waals surface area (Å²) in [5.41, 5.74) is 2.89. The molecule has 5 nitrogen and oxygen atoms in total. The van der Waals surface area contributed by atoms with E-state index in [0.717, 1.165) is 36.2 Å². The number of fused-ring (bicyclic) bond motifs is 1. The summed E-state index contributed by atoms with van der Waals surface area (Å²) in [6.07, 6.45) is 1.00. The fourth-order valence-corrected chi connectivity index (χ4v) is 4.39. The van der Waals surface area contributed by atoms with E-state index in [2.05, 4.69) is 54.1 Å². The standard InChI is InChI=1S/C24H29N3O2/c1-4-27(20-12-13-26(16-20)17(2)18-8-6-5-7-9-18)24(28)23-14-19-10-11-21(29-3)15-22(19)25-23/h5-11,14-15,17,20,25H,4,12-13,16H2,1-3H3/t17-,20-/m1/s1. The van der Waals surface area contributed by atoms with Crippen molar-refractivity contribution in [1.29, 1.82) is 0 Å². The number of hydrogen-bond donors (Lipinski definition) is 1. The zero-order valence-electron chi connectivity index (χ0n) is 17.4. The fourth-order valence-electron chi connectivity index (χ4n) is 4.39. The molecule has 1 aliphatic heterocycles. The number of H-pyrrole nitrogens is 1. The first-order valence-electron chi connectivity index (χ1n) is 10.4. The molecule has 1 aromatic heterocycles. The van der Waals surface area contributed by atoms with Crippen LogP contribution >= 0.6 is 0 Å². The third-order valence-corrected chi connectivity index (χ3v) is 6.13. The van der Waals surface area contributed by atoms with E-state index < -0.39 is 0 Å². The van der Waals surface area contributed by atoms with Gasteiger partial charge in [0.05, 0.1) is 7.11 Å². The normalized spacial score (nSPS) is 18.1. The van der Waals surface area contributed by atoms with Gasteiger partial charge in [0.2, 0.25) is 0 Å². The van der Waals surface area contributed by atoms with Crippen LogP contribution in [0, 0.1) is 0 Å². The first-order chi connectivity index (χ1) is 14.1. The molecule has 0 bridgehead atoms. The van der Waals surface area contributed by atoms with E-state index in [1.165, 1.54) is 5.56 Å². The van der Waals surface area contributed by atoms with Crippen molar-refractivity contribution in [3.8, 4) is 5.75 Å². The van der Waals surface area contributed by atoms with Gasteiger partial charge in [-0.25, -0.2) is 0 Å². The second kappa shape index (κ2) is 8.29. The number of aromatic amines is 1. The number of carbonyl (C=O) groups is 1. The van der Waals surface area contributed by atoms with Gasteiger partial charge < -0.3 is 14.6 Å². The van der Waals surface area contributed by atoms with E-state index in [1.807, 2.05) is 29.2 Å². The number of nitrogens with one attached hydrogen (secondary N) is 1. The smallest absolute Gasteiger partial charge is 0.270 e. The van der Waals surface area contributed by atoms with Crippen LogP contribution in [0.2, 0.25) is 0 Å². The molecule has 5 heteroatoms. The number of ether oxygens (including phenoxy) is 1. The average Bonchev–Trinajstić information content (AvgIpc) is 3.41. The highest BCUT2D eigenvalue weighted by atomic mass is 16.5. The molecule has 0 saturated carbocycles. The van der Waals surface area contributed by atoms with E-state index in [1.54, 1.807) is 7.11 Å². The van der Waals surface area contributed by atoms with Crippen LogP contribution < -0.4 is 4.74 Å². The number of nitrogens with zero attached hydrogens (tertiary/aromatic N) is 2. The summed E-state index contributed by atoms with van der Waals surface area (Å²) in [7, 11) is 1.65. The Morgan fingerprint density at radius 3 is 2.76 bits per heavy atom. The van der Waals surface area contributed by atoms with Crippen LogP contribution in [0.15, 0.2) is 54.6 Å². The SMILES string of the molecule is CCN(C(=O)c1cc2ccc(OC)cc2[nH]1)[C@@H]1CCN([C@H](C)c2ccccc2)C1. The number of amides is 1. The molecule has 0 unspecified atom stereocenters. The van der Waals surface area contributed by atoms with E-state index >= 15 is 0 Å². The Morgan fingerprint density at radius 2 is 2.03 bits per heavy atom. The second-order valence-electron chi connectivity index (χ2n) is 7.75. The predicted molar refractivity (Wildman–Crippen MR) is 116 cm³/mol. The van der Waals surface area contributed by atoms with Crippen LogP contribution in [0.25, 0.3) is 10.9 Å². The molecule has 2 aromatic carbocycles. The maximum absolute atomic E-state index is 13.3. The van der Waals surface area contributed by atoms with Crippen LogP contribution in [0.1, 0.15) is 42.4 Å². The molecule has 29 heavy (non-hydrogen) atoms. The van der Waals surface area contributed by atoms with Gasteiger partial charge >= 0.3 is 0 Å². The van der Waals surface area contributed by atoms with Gasteiger partial charge in [0.25, 0.3) is 5.91 Å². The lowest BCUT2D eigenvalue weighted by molar-refractivity contribution is 0.0684. The molecule has 1 fully saturated rings. The molecule has 0 radical (unpaired) electrons. The summed E-state index contributed by atoms with van der Waals surface area (Å²) >= 11 is 0. The Labute approximate surface area is 172 Å². The van der Waals surface area contributed by atoms with Crippen molar-refractivity contribution in [2.24, 2.45) is 0 Å². The minimum atomic E-state index is 0.0712. The van der Waals surface area contributed by atoms with E-state index in [4.69, 9.17) is 4.74 Å². The van der Waals surface area contributed by atoms with Gasteiger partial charge in [0.15, 0.2) is 0 Å². The van der Waals surface area contributed by atoms with Crippen LogP contribution in [0.4, 0.5) is 0 Å². The number of benzene rings is 2. The quantitative estimate of drug-likeness (QED) is 0.674. The fraction of sp³-hybridized carbons (Fsp3) is 0.375. The third-order valence-electron chi connectivity index (χ3n) is 6.13. The number of methoxy groups -OCH3 is 1. The second-order valence-corrected chi connectivity index (χ2v) is 7.75. The first-order valence-corrected chi connectivity index (χ1v) is 10.4. The van der Waals surface area contributed by atoms with Crippen molar-refractivity contribution < 1.29 is 9.53 Å². The molecule has 2 atom stereocenters. The molecule has 3 aromatic rings. The Bertz CT molecular complexity index is 982. The zero-order chi connectivity index (χ0) is 20.4. The Balaban J connectivity index is 1.49. The molecule has 1 aliphatic rings. The molecule has 1 N–H and O–H groups in total. The lowest BCUT2D eigenvalue weighted by Gasteiger charge is -2.29. The van der Waals surface area contributed by atoms with Crippen LogP contribution in [-0.4, -0.2) is 53.5 Å². The maximum atomic E-state index is 13.3. The Kier molecular flexibility index (Phi) is 5.58. The van der Waals surface area contributed by atoms with Crippen LogP contribution in [0.5, 0.6) is 5.75 Å². The van der Waals surface area contributed by atoms with Crippen molar-refractivity contribution in [3.63, 3.8) is 0 Å². The molecule has 1 saturated heterocycles. The largest absolute Gasteiger partial charge is 0.497 e. The van der Waals surface area contributed by atoms with E-state index in [9.17, 15) is 4.79 Å². The van der Waals surface area contributed by atoms with Crippen molar-refractivity contribution in [2.45, 2.75) is 32.4 Å². The highest BCUT2D eigenvalue weighted by molar-refractivity contribution is 5.98. The van der Waals surface area contributed by atoms with Gasteiger partial charge in [-0.05, 0) is 44.0 Å². The molecule has 0 aliphatic carbocycles.